The molecule has 0 aliphatic rings. The summed E-state index contributed by atoms with van der Waals surface area (Å²) in [5.74, 6) is 0.589. The highest BCUT2D eigenvalue weighted by molar-refractivity contribution is 5.90. The summed E-state index contributed by atoms with van der Waals surface area (Å²) in [7, 11) is 0. The van der Waals surface area contributed by atoms with Crippen molar-refractivity contribution in [2.75, 3.05) is 5.32 Å². The molecule has 2 heterocycles. The van der Waals surface area contributed by atoms with Gasteiger partial charge in [0.1, 0.15) is 18.7 Å². The maximum absolute atomic E-state index is 12.9. The number of rotatable bonds is 7. The van der Waals surface area contributed by atoms with E-state index < -0.39 is 4.92 Å². The number of aromatic nitrogens is 5. The molecular formula is C25H19N7O3. The van der Waals surface area contributed by atoms with Crippen LogP contribution in [0.3, 0.4) is 0 Å². The number of benzene rings is 3. The Morgan fingerprint density at radius 1 is 0.886 bits per heavy atom. The van der Waals surface area contributed by atoms with Gasteiger partial charge in [-0.05, 0) is 24.3 Å². The van der Waals surface area contributed by atoms with Gasteiger partial charge < -0.3 is 5.32 Å². The first-order chi connectivity index (χ1) is 17.1. The van der Waals surface area contributed by atoms with Crippen LogP contribution in [0.4, 0.5) is 11.5 Å². The number of nitro benzene ring substituents is 1. The summed E-state index contributed by atoms with van der Waals surface area (Å²) in [6, 6.07) is 27.0. The Morgan fingerprint density at radius 3 is 2.26 bits per heavy atom. The van der Waals surface area contributed by atoms with Gasteiger partial charge >= 0.3 is 0 Å². The van der Waals surface area contributed by atoms with Gasteiger partial charge in [-0.2, -0.15) is 10.2 Å². The molecular weight excluding hydrogens is 446 g/mol. The van der Waals surface area contributed by atoms with Gasteiger partial charge in [-0.1, -0.05) is 48.5 Å². The van der Waals surface area contributed by atoms with E-state index in [-0.39, 0.29) is 18.1 Å². The number of non-ortho nitro benzene ring substituents is 1. The minimum absolute atomic E-state index is 0.0162. The number of amides is 1. The van der Waals surface area contributed by atoms with Gasteiger partial charge in [-0.15, -0.1) is 0 Å². The predicted octanol–water partition coefficient (Wildman–Crippen LogP) is 4.34. The summed E-state index contributed by atoms with van der Waals surface area (Å²) >= 11 is 0. The number of nitro groups is 1. The molecule has 1 N–H and O–H groups in total. The lowest BCUT2D eigenvalue weighted by atomic mass is 10.2. The normalized spacial score (nSPS) is 10.7. The fraction of sp³-hybridized carbons (Fsp3) is 0.0400. The standard InChI is InChI=1S/C25H19N7O3/c33-24(16-30-17-26-25(29-30)19-11-13-21(14-12-19)32(34)35)27-23-15-22(18-7-3-1-4-8-18)28-31(23)20-9-5-2-6-10-20/h1-15,17H,16H2,(H,27,33). The molecule has 10 heteroatoms. The number of hydrogen-bond acceptors (Lipinski definition) is 6. The van der Waals surface area contributed by atoms with Crippen molar-refractivity contribution in [3.63, 3.8) is 0 Å². The highest BCUT2D eigenvalue weighted by atomic mass is 16.6. The second kappa shape index (κ2) is 9.40. The first kappa shape index (κ1) is 21.7. The molecule has 35 heavy (non-hydrogen) atoms. The highest BCUT2D eigenvalue weighted by Gasteiger charge is 2.15. The molecule has 10 nitrogen and oxygen atoms in total. The largest absolute Gasteiger partial charge is 0.309 e. The Labute approximate surface area is 199 Å². The average Bonchev–Trinajstić information content (AvgIpc) is 3.52. The second-order valence-electron chi connectivity index (χ2n) is 7.65. The molecule has 0 aliphatic carbocycles. The molecule has 0 radical (unpaired) electrons. The van der Waals surface area contributed by atoms with Crippen LogP contribution >= 0.6 is 0 Å². The van der Waals surface area contributed by atoms with Gasteiger partial charge in [-0.3, -0.25) is 14.9 Å². The summed E-state index contributed by atoms with van der Waals surface area (Å²) in [4.78, 5) is 27.4. The van der Waals surface area contributed by atoms with E-state index >= 15 is 0 Å². The molecule has 1 amide bonds. The van der Waals surface area contributed by atoms with E-state index in [1.165, 1.54) is 23.1 Å². The van der Waals surface area contributed by atoms with Crippen molar-refractivity contribution in [3.05, 3.63) is 107 Å². The molecule has 3 aromatic carbocycles. The molecule has 0 bridgehead atoms. The van der Waals surface area contributed by atoms with Crippen LogP contribution < -0.4 is 5.32 Å². The topological polar surface area (TPSA) is 121 Å². The summed E-state index contributed by atoms with van der Waals surface area (Å²) < 4.78 is 3.09. The zero-order valence-electron chi connectivity index (χ0n) is 18.4. The van der Waals surface area contributed by atoms with Crippen LogP contribution in [0.15, 0.2) is 97.3 Å². The third kappa shape index (κ3) is 4.81. The molecule has 0 saturated heterocycles. The summed E-state index contributed by atoms with van der Waals surface area (Å²) in [6.07, 6.45) is 1.44. The Hall–Kier alpha value is -5.12. The molecule has 172 valence electrons. The minimum atomic E-state index is -0.469. The molecule has 0 aliphatic heterocycles. The van der Waals surface area contributed by atoms with Crippen molar-refractivity contribution in [2.45, 2.75) is 6.54 Å². The lowest BCUT2D eigenvalue weighted by Gasteiger charge is -2.08. The number of carbonyl (C=O) groups excluding carboxylic acids is 1. The predicted molar refractivity (Wildman–Crippen MR) is 130 cm³/mol. The third-order valence-corrected chi connectivity index (χ3v) is 5.23. The quantitative estimate of drug-likeness (QED) is 0.282. The third-order valence-electron chi connectivity index (χ3n) is 5.23. The maximum atomic E-state index is 12.9. The van der Waals surface area contributed by atoms with Gasteiger partial charge in [0.15, 0.2) is 5.82 Å². The molecule has 0 unspecified atom stereocenters. The summed E-state index contributed by atoms with van der Waals surface area (Å²) in [6.45, 7) is -0.0688. The zero-order chi connectivity index (χ0) is 24.2. The van der Waals surface area contributed by atoms with Gasteiger partial charge in [0.2, 0.25) is 5.91 Å². The number of hydrogen-bond donors (Lipinski definition) is 1. The molecule has 5 rings (SSSR count). The minimum Gasteiger partial charge on any atom is -0.309 e. The zero-order valence-corrected chi connectivity index (χ0v) is 18.4. The SMILES string of the molecule is O=C(Cn1cnc(-c2ccc([N+](=O)[O-])cc2)n1)Nc1cc(-c2ccccc2)nn1-c1ccccc1. The van der Waals surface area contributed by atoms with Crippen molar-refractivity contribution < 1.29 is 9.72 Å². The number of nitrogens with zero attached hydrogens (tertiary/aromatic N) is 6. The van der Waals surface area contributed by atoms with Crippen molar-refractivity contribution in [1.29, 1.82) is 0 Å². The van der Waals surface area contributed by atoms with Gasteiger partial charge in [0.05, 0.1) is 16.3 Å². The van der Waals surface area contributed by atoms with Crippen LogP contribution in [-0.4, -0.2) is 35.4 Å². The lowest BCUT2D eigenvalue weighted by molar-refractivity contribution is -0.384. The first-order valence-corrected chi connectivity index (χ1v) is 10.7. The Bertz CT molecular complexity index is 1480. The molecule has 0 fully saturated rings. The van der Waals surface area contributed by atoms with E-state index in [9.17, 15) is 14.9 Å². The van der Waals surface area contributed by atoms with E-state index in [0.29, 0.717) is 17.2 Å². The van der Waals surface area contributed by atoms with Crippen LogP contribution in [0.25, 0.3) is 28.3 Å². The van der Waals surface area contributed by atoms with Crippen molar-refractivity contribution >= 4 is 17.4 Å². The van der Waals surface area contributed by atoms with Crippen LogP contribution in [0.5, 0.6) is 0 Å². The van der Waals surface area contributed by atoms with Crippen LogP contribution in [0.2, 0.25) is 0 Å². The lowest BCUT2D eigenvalue weighted by Crippen LogP contribution is -2.20. The molecule has 0 spiro atoms. The fourth-order valence-electron chi connectivity index (χ4n) is 3.55. The maximum Gasteiger partial charge on any atom is 0.269 e. The monoisotopic (exact) mass is 465 g/mol. The van der Waals surface area contributed by atoms with Gasteiger partial charge in [0.25, 0.3) is 5.69 Å². The second-order valence-corrected chi connectivity index (χ2v) is 7.65. The van der Waals surface area contributed by atoms with E-state index in [2.05, 4.69) is 15.4 Å². The van der Waals surface area contributed by atoms with Gasteiger partial charge in [-0.25, -0.2) is 14.3 Å². The smallest absolute Gasteiger partial charge is 0.269 e. The fourth-order valence-corrected chi connectivity index (χ4v) is 3.55. The van der Waals surface area contributed by atoms with Crippen LogP contribution in [0, 0.1) is 10.1 Å². The van der Waals surface area contributed by atoms with E-state index in [0.717, 1.165) is 16.9 Å². The van der Waals surface area contributed by atoms with Crippen molar-refractivity contribution in [3.8, 4) is 28.3 Å². The van der Waals surface area contributed by atoms with E-state index in [1.807, 2.05) is 66.7 Å². The van der Waals surface area contributed by atoms with Crippen molar-refractivity contribution in [2.24, 2.45) is 0 Å². The number of nitrogens with one attached hydrogen (secondary N) is 1. The summed E-state index contributed by atoms with van der Waals surface area (Å²) in [5, 5.41) is 22.8. The number of carbonyl (C=O) groups is 1. The number of anilines is 1. The van der Waals surface area contributed by atoms with Gasteiger partial charge in [0, 0.05) is 29.3 Å². The summed E-state index contributed by atoms with van der Waals surface area (Å²) in [5.41, 5.74) is 3.07. The van der Waals surface area contributed by atoms with E-state index in [4.69, 9.17) is 5.10 Å². The molecule has 0 atom stereocenters. The molecule has 0 saturated carbocycles. The number of para-hydroxylation sites is 1. The highest BCUT2D eigenvalue weighted by Crippen LogP contribution is 2.25. The van der Waals surface area contributed by atoms with E-state index in [1.54, 1.807) is 16.8 Å². The van der Waals surface area contributed by atoms with Crippen molar-refractivity contribution in [1.82, 2.24) is 24.5 Å². The van der Waals surface area contributed by atoms with Crippen LogP contribution in [-0.2, 0) is 11.3 Å². The molecule has 2 aromatic heterocycles. The first-order valence-electron chi connectivity index (χ1n) is 10.7. The Morgan fingerprint density at radius 2 is 1.57 bits per heavy atom. The van der Waals surface area contributed by atoms with Crippen LogP contribution in [0.1, 0.15) is 0 Å². The Kier molecular flexibility index (Phi) is 5.83. The Balaban J connectivity index is 1.35. The molecule has 5 aromatic rings. The average molecular weight is 465 g/mol.